The van der Waals surface area contributed by atoms with Crippen LogP contribution < -0.4 is 0 Å². The number of carbonyl (C=O) groups is 1. The van der Waals surface area contributed by atoms with Crippen LogP contribution in [-0.2, 0) is 6.54 Å². The lowest BCUT2D eigenvalue weighted by Gasteiger charge is -2.22. The molecule has 2 aromatic heterocycles. The molecule has 102 valence electrons. The van der Waals surface area contributed by atoms with E-state index in [9.17, 15) is 4.79 Å². The summed E-state index contributed by atoms with van der Waals surface area (Å²) in [6, 6.07) is 7.52. The number of pyridine rings is 2. The summed E-state index contributed by atoms with van der Waals surface area (Å²) in [6.45, 7) is 0.603. The number of hydrogen-bond acceptors (Lipinski definition) is 3. The van der Waals surface area contributed by atoms with Crippen LogP contribution in [-0.4, -0.2) is 26.8 Å². The summed E-state index contributed by atoms with van der Waals surface area (Å²) in [5.41, 5.74) is 1.67. The van der Waals surface area contributed by atoms with Crippen molar-refractivity contribution in [2.75, 3.05) is 0 Å². The molecule has 1 aliphatic carbocycles. The molecule has 20 heavy (non-hydrogen) atoms. The van der Waals surface area contributed by atoms with Gasteiger partial charge in [-0.2, -0.15) is 0 Å². The molecule has 0 unspecified atom stereocenters. The van der Waals surface area contributed by atoms with E-state index in [1.807, 2.05) is 17.0 Å². The molecule has 0 bridgehead atoms. The summed E-state index contributed by atoms with van der Waals surface area (Å²) in [6.07, 6.45) is 7.18. The van der Waals surface area contributed by atoms with E-state index >= 15 is 0 Å². The smallest absolute Gasteiger partial charge is 0.254 e. The number of aromatic nitrogens is 2. The standard InChI is InChI=1S/C15H14ClN3O/c16-14-9-12(5-8-18-14)15(20)19(13-1-2-13)10-11-3-6-17-7-4-11/h3-9,13H,1-2,10H2. The molecule has 0 aliphatic heterocycles. The molecule has 2 heterocycles. The second-order valence-electron chi connectivity index (χ2n) is 4.89. The summed E-state index contributed by atoms with van der Waals surface area (Å²) in [4.78, 5) is 22.4. The van der Waals surface area contributed by atoms with Crippen molar-refractivity contribution in [3.05, 3.63) is 59.1 Å². The van der Waals surface area contributed by atoms with Crippen LogP contribution in [0, 0.1) is 0 Å². The lowest BCUT2D eigenvalue weighted by molar-refractivity contribution is 0.0729. The fourth-order valence-corrected chi connectivity index (χ4v) is 2.31. The first-order valence-electron chi connectivity index (χ1n) is 6.55. The third-order valence-corrected chi connectivity index (χ3v) is 3.53. The molecule has 0 radical (unpaired) electrons. The maximum Gasteiger partial charge on any atom is 0.254 e. The van der Waals surface area contributed by atoms with Gasteiger partial charge in [0.15, 0.2) is 0 Å². The first-order valence-corrected chi connectivity index (χ1v) is 6.93. The van der Waals surface area contributed by atoms with Crippen molar-refractivity contribution in [1.82, 2.24) is 14.9 Å². The highest BCUT2D eigenvalue weighted by Crippen LogP contribution is 2.30. The fourth-order valence-electron chi connectivity index (χ4n) is 2.14. The zero-order valence-electron chi connectivity index (χ0n) is 10.9. The van der Waals surface area contributed by atoms with Gasteiger partial charge in [0.1, 0.15) is 5.15 Å². The average Bonchev–Trinajstić information content (AvgIpc) is 3.30. The average molecular weight is 288 g/mol. The van der Waals surface area contributed by atoms with E-state index in [-0.39, 0.29) is 5.91 Å². The zero-order chi connectivity index (χ0) is 13.9. The van der Waals surface area contributed by atoms with Gasteiger partial charge in [0, 0.05) is 36.7 Å². The minimum atomic E-state index is 0.00797. The summed E-state index contributed by atoms with van der Waals surface area (Å²) < 4.78 is 0. The van der Waals surface area contributed by atoms with Crippen LogP contribution in [0.25, 0.3) is 0 Å². The van der Waals surface area contributed by atoms with Crippen molar-refractivity contribution in [3.63, 3.8) is 0 Å². The monoisotopic (exact) mass is 287 g/mol. The molecule has 0 aromatic carbocycles. The van der Waals surface area contributed by atoms with Crippen molar-refractivity contribution in [2.45, 2.75) is 25.4 Å². The van der Waals surface area contributed by atoms with Crippen molar-refractivity contribution in [1.29, 1.82) is 0 Å². The quantitative estimate of drug-likeness (QED) is 0.812. The molecular formula is C15H14ClN3O. The molecule has 0 N–H and O–H groups in total. The van der Waals surface area contributed by atoms with Gasteiger partial charge in [0.05, 0.1) is 0 Å². The van der Waals surface area contributed by atoms with Crippen molar-refractivity contribution < 1.29 is 4.79 Å². The summed E-state index contributed by atoms with van der Waals surface area (Å²) >= 11 is 5.86. The van der Waals surface area contributed by atoms with Gasteiger partial charge in [-0.1, -0.05) is 11.6 Å². The Bertz CT molecular complexity index is 614. The third kappa shape index (κ3) is 2.96. The number of nitrogens with zero attached hydrogens (tertiary/aromatic N) is 3. The highest BCUT2D eigenvalue weighted by molar-refractivity contribution is 6.29. The molecule has 1 fully saturated rings. The Morgan fingerprint density at radius 2 is 2.00 bits per heavy atom. The molecule has 5 heteroatoms. The minimum absolute atomic E-state index is 0.00797. The van der Waals surface area contributed by atoms with E-state index in [4.69, 9.17) is 11.6 Å². The maximum atomic E-state index is 12.6. The molecule has 3 rings (SSSR count). The van der Waals surface area contributed by atoms with Crippen molar-refractivity contribution in [2.24, 2.45) is 0 Å². The number of rotatable bonds is 4. The van der Waals surface area contributed by atoms with Gasteiger partial charge in [-0.15, -0.1) is 0 Å². The number of halogens is 1. The van der Waals surface area contributed by atoms with Crippen LogP contribution in [0.5, 0.6) is 0 Å². The van der Waals surface area contributed by atoms with Crippen LogP contribution in [0.15, 0.2) is 42.9 Å². The van der Waals surface area contributed by atoms with Crippen LogP contribution >= 0.6 is 11.6 Å². The predicted octanol–water partition coefficient (Wildman–Crippen LogP) is 2.93. The van der Waals surface area contributed by atoms with Gasteiger partial charge in [0.2, 0.25) is 0 Å². The Labute approximate surface area is 122 Å². The van der Waals surface area contributed by atoms with E-state index in [1.54, 1.807) is 30.7 Å². The van der Waals surface area contributed by atoms with Gasteiger partial charge >= 0.3 is 0 Å². The van der Waals surface area contributed by atoms with E-state index in [2.05, 4.69) is 9.97 Å². The van der Waals surface area contributed by atoms with E-state index < -0.39 is 0 Å². The minimum Gasteiger partial charge on any atom is -0.331 e. The maximum absolute atomic E-state index is 12.6. The zero-order valence-corrected chi connectivity index (χ0v) is 11.6. The van der Waals surface area contributed by atoms with Gasteiger partial charge < -0.3 is 4.90 Å². The Morgan fingerprint density at radius 1 is 1.25 bits per heavy atom. The highest BCUT2D eigenvalue weighted by Gasteiger charge is 2.33. The lowest BCUT2D eigenvalue weighted by atomic mass is 10.2. The van der Waals surface area contributed by atoms with Crippen LogP contribution in [0.1, 0.15) is 28.8 Å². The SMILES string of the molecule is O=C(c1ccnc(Cl)c1)N(Cc1ccncc1)C1CC1. The Balaban J connectivity index is 1.82. The molecule has 4 nitrogen and oxygen atoms in total. The molecule has 2 aromatic rings. The molecule has 0 atom stereocenters. The number of carbonyl (C=O) groups excluding carboxylic acids is 1. The molecule has 1 aliphatic rings. The predicted molar refractivity (Wildman–Crippen MR) is 76.4 cm³/mol. The fraction of sp³-hybridized carbons (Fsp3) is 0.267. The third-order valence-electron chi connectivity index (χ3n) is 3.32. The highest BCUT2D eigenvalue weighted by atomic mass is 35.5. The van der Waals surface area contributed by atoms with Crippen molar-refractivity contribution in [3.8, 4) is 0 Å². The molecule has 0 saturated heterocycles. The van der Waals surface area contributed by atoms with Gasteiger partial charge in [-0.3, -0.25) is 9.78 Å². The molecular weight excluding hydrogens is 274 g/mol. The van der Waals surface area contributed by atoms with Gasteiger partial charge in [-0.05, 0) is 42.7 Å². The Morgan fingerprint density at radius 3 is 2.65 bits per heavy atom. The van der Waals surface area contributed by atoms with Gasteiger partial charge in [0.25, 0.3) is 5.91 Å². The first kappa shape index (κ1) is 13.1. The Kier molecular flexibility index (Phi) is 3.65. The Hall–Kier alpha value is -1.94. The topological polar surface area (TPSA) is 46.1 Å². The van der Waals surface area contributed by atoms with Crippen LogP contribution in [0.3, 0.4) is 0 Å². The number of hydrogen-bond donors (Lipinski definition) is 0. The van der Waals surface area contributed by atoms with E-state index in [0.29, 0.717) is 23.3 Å². The molecule has 1 saturated carbocycles. The van der Waals surface area contributed by atoms with E-state index in [0.717, 1.165) is 18.4 Å². The summed E-state index contributed by atoms with van der Waals surface area (Å²) in [7, 11) is 0. The molecule has 0 spiro atoms. The first-order chi connectivity index (χ1) is 9.74. The summed E-state index contributed by atoms with van der Waals surface area (Å²) in [5, 5.41) is 0.343. The normalized spacial score (nSPS) is 14.1. The van der Waals surface area contributed by atoms with Gasteiger partial charge in [-0.25, -0.2) is 4.98 Å². The summed E-state index contributed by atoms with van der Waals surface area (Å²) in [5.74, 6) is 0.00797. The van der Waals surface area contributed by atoms with Crippen LogP contribution in [0.4, 0.5) is 0 Å². The molecule has 1 amide bonds. The second kappa shape index (κ2) is 5.59. The number of amides is 1. The largest absolute Gasteiger partial charge is 0.331 e. The second-order valence-corrected chi connectivity index (χ2v) is 5.27. The lowest BCUT2D eigenvalue weighted by Crippen LogP contribution is -2.32. The van der Waals surface area contributed by atoms with Crippen LogP contribution in [0.2, 0.25) is 5.15 Å². The van der Waals surface area contributed by atoms with Crippen molar-refractivity contribution >= 4 is 17.5 Å². The van der Waals surface area contributed by atoms with E-state index in [1.165, 1.54) is 0 Å².